The quantitative estimate of drug-likeness (QED) is 0.551. The third-order valence-electron chi connectivity index (χ3n) is 4.58. The highest BCUT2D eigenvalue weighted by Gasteiger charge is 2.21. The lowest BCUT2D eigenvalue weighted by Crippen LogP contribution is -2.44. The number of fused-ring (bicyclic) bond motifs is 1. The van der Waals surface area contributed by atoms with Gasteiger partial charge in [-0.15, -0.1) is 0 Å². The van der Waals surface area contributed by atoms with Gasteiger partial charge in [0, 0.05) is 5.69 Å². The second kappa shape index (κ2) is 9.50. The van der Waals surface area contributed by atoms with E-state index in [4.69, 9.17) is 21.1 Å². The summed E-state index contributed by atoms with van der Waals surface area (Å²) in [6, 6.07) is 11.1. The highest BCUT2D eigenvalue weighted by atomic mass is 35.5. The minimum absolute atomic E-state index is 0.195. The molecule has 0 fully saturated rings. The van der Waals surface area contributed by atoms with E-state index < -0.39 is 41.8 Å². The molecule has 0 unspecified atom stereocenters. The summed E-state index contributed by atoms with van der Waals surface area (Å²) in [5.41, 5.74) is -1.54. The number of carbonyl (C=O) groups excluding carboxylic acids is 2. The van der Waals surface area contributed by atoms with Crippen LogP contribution in [0.2, 0.25) is 5.02 Å². The summed E-state index contributed by atoms with van der Waals surface area (Å²) >= 11 is 6.10. The average molecular weight is 474 g/mol. The maximum Gasteiger partial charge on any atom is 0.332 e. The smallest absolute Gasteiger partial charge is 0.332 e. The van der Waals surface area contributed by atoms with Crippen LogP contribution in [-0.4, -0.2) is 33.7 Å². The Bertz CT molecular complexity index is 1340. The van der Waals surface area contributed by atoms with Gasteiger partial charge >= 0.3 is 11.7 Å². The van der Waals surface area contributed by atoms with Gasteiger partial charge in [0.1, 0.15) is 24.4 Å². The minimum Gasteiger partial charge on any atom is -0.495 e. The molecule has 0 aliphatic heterocycles. The van der Waals surface area contributed by atoms with Crippen LogP contribution >= 0.6 is 11.6 Å². The molecule has 0 bridgehead atoms. The number of esters is 1. The fourth-order valence-corrected chi connectivity index (χ4v) is 3.51. The Hall–Kier alpha value is -3.59. The van der Waals surface area contributed by atoms with Gasteiger partial charge in [-0.3, -0.25) is 19.0 Å². The van der Waals surface area contributed by atoms with Gasteiger partial charge < -0.3 is 14.8 Å². The van der Waals surface area contributed by atoms with Crippen LogP contribution in [0.1, 0.15) is 20.8 Å². The molecule has 0 aliphatic rings. The Morgan fingerprint density at radius 3 is 2.36 bits per heavy atom. The number of benzene rings is 2. The second-order valence-electron chi connectivity index (χ2n) is 8.26. The molecule has 0 aliphatic carbocycles. The number of nitrogens with one attached hydrogen (secondary N) is 1. The van der Waals surface area contributed by atoms with Gasteiger partial charge in [0.05, 0.1) is 23.0 Å². The number of ether oxygens (including phenoxy) is 2. The second-order valence-corrected chi connectivity index (χ2v) is 8.67. The van der Waals surface area contributed by atoms with Crippen LogP contribution in [0.5, 0.6) is 5.75 Å². The standard InChI is InChI=1S/C23H24ClN3O6/c1-23(2,3)33-20(29)13-27-21(30)15-7-5-6-8-17(15)26(22(27)31)12-19(28)25-14-9-10-18(32-4)16(24)11-14/h5-11H,12-13H2,1-4H3,(H,25,28). The number of hydrogen-bond acceptors (Lipinski definition) is 6. The summed E-state index contributed by atoms with van der Waals surface area (Å²) in [4.78, 5) is 51.0. The highest BCUT2D eigenvalue weighted by molar-refractivity contribution is 6.32. The molecule has 1 aromatic heterocycles. The van der Waals surface area contributed by atoms with E-state index in [0.29, 0.717) is 16.5 Å². The fraction of sp³-hybridized carbons (Fsp3) is 0.304. The summed E-state index contributed by atoms with van der Waals surface area (Å²) in [6.45, 7) is 4.08. The van der Waals surface area contributed by atoms with E-state index in [1.807, 2.05) is 0 Å². The van der Waals surface area contributed by atoms with Crippen molar-refractivity contribution in [1.29, 1.82) is 0 Å². The zero-order valence-corrected chi connectivity index (χ0v) is 19.4. The van der Waals surface area contributed by atoms with Crippen LogP contribution in [0, 0.1) is 0 Å². The van der Waals surface area contributed by atoms with Crippen molar-refractivity contribution in [3.63, 3.8) is 0 Å². The maximum atomic E-state index is 13.1. The number of para-hydroxylation sites is 1. The third-order valence-corrected chi connectivity index (χ3v) is 4.87. The molecule has 0 saturated heterocycles. The Balaban J connectivity index is 1.97. The monoisotopic (exact) mass is 473 g/mol. The van der Waals surface area contributed by atoms with Gasteiger partial charge in [0.2, 0.25) is 5.91 Å². The van der Waals surface area contributed by atoms with Gasteiger partial charge in [-0.05, 0) is 51.1 Å². The van der Waals surface area contributed by atoms with Crippen LogP contribution < -0.4 is 21.3 Å². The van der Waals surface area contributed by atoms with E-state index in [1.54, 1.807) is 51.1 Å². The van der Waals surface area contributed by atoms with Crippen molar-refractivity contribution in [3.8, 4) is 5.75 Å². The van der Waals surface area contributed by atoms with E-state index in [0.717, 1.165) is 9.13 Å². The molecule has 2 aromatic carbocycles. The number of hydrogen-bond donors (Lipinski definition) is 1. The molecule has 0 atom stereocenters. The first kappa shape index (κ1) is 24.1. The maximum absolute atomic E-state index is 13.1. The number of methoxy groups -OCH3 is 1. The zero-order valence-electron chi connectivity index (χ0n) is 18.7. The normalized spacial score (nSPS) is 11.3. The van der Waals surface area contributed by atoms with Crippen molar-refractivity contribution in [3.05, 3.63) is 68.3 Å². The number of amides is 1. The van der Waals surface area contributed by atoms with Crippen molar-refractivity contribution >= 4 is 40.1 Å². The first-order chi connectivity index (χ1) is 15.5. The molecule has 10 heteroatoms. The van der Waals surface area contributed by atoms with Crippen LogP contribution in [0.25, 0.3) is 10.9 Å². The number of aromatic nitrogens is 2. The molecule has 3 aromatic rings. The topological polar surface area (TPSA) is 109 Å². The molecule has 3 rings (SSSR count). The van der Waals surface area contributed by atoms with Crippen molar-refractivity contribution in [2.45, 2.75) is 39.5 Å². The molecule has 0 saturated carbocycles. The lowest BCUT2D eigenvalue weighted by molar-refractivity contribution is -0.155. The molecular formula is C23H24ClN3O6. The number of halogens is 1. The van der Waals surface area contributed by atoms with E-state index in [-0.39, 0.29) is 10.9 Å². The predicted molar refractivity (Wildman–Crippen MR) is 125 cm³/mol. The number of anilines is 1. The van der Waals surface area contributed by atoms with E-state index in [9.17, 15) is 19.2 Å². The largest absolute Gasteiger partial charge is 0.495 e. The molecule has 1 heterocycles. The SMILES string of the molecule is COc1ccc(NC(=O)Cn2c(=O)n(CC(=O)OC(C)(C)C)c(=O)c3ccccc32)cc1Cl. The van der Waals surface area contributed by atoms with E-state index >= 15 is 0 Å². The number of carbonyl (C=O) groups is 2. The predicted octanol–water partition coefficient (Wildman–Crippen LogP) is 2.81. The Morgan fingerprint density at radius 1 is 1.03 bits per heavy atom. The molecule has 0 spiro atoms. The van der Waals surface area contributed by atoms with Crippen molar-refractivity contribution in [2.24, 2.45) is 0 Å². The lowest BCUT2D eigenvalue weighted by Gasteiger charge is -2.20. The molecule has 33 heavy (non-hydrogen) atoms. The van der Waals surface area contributed by atoms with Gasteiger partial charge in [-0.25, -0.2) is 9.36 Å². The first-order valence-corrected chi connectivity index (χ1v) is 10.5. The van der Waals surface area contributed by atoms with Crippen molar-refractivity contribution < 1.29 is 19.1 Å². The summed E-state index contributed by atoms with van der Waals surface area (Å²) < 4.78 is 12.2. The zero-order chi connectivity index (χ0) is 24.3. The summed E-state index contributed by atoms with van der Waals surface area (Å²) in [6.07, 6.45) is 0. The summed E-state index contributed by atoms with van der Waals surface area (Å²) in [5, 5.41) is 3.17. The highest BCUT2D eigenvalue weighted by Crippen LogP contribution is 2.27. The van der Waals surface area contributed by atoms with E-state index in [2.05, 4.69) is 5.32 Å². The fourth-order valence-electron chi connectivity index (χ4n) is 3.25. The average Bonchev–Trinajstić information content (AvgIpc) is 2.73. The van der Waals surface area contributed by atoms with Gasteiger partial charge in [0.25, 0.3) is 5.56 Å². The number of rotatable bonds is 6. The molecule has 0 radical (unpaired) electrons. The van der Waals surface area contributed by atoms with Crippen molar-refractivity contribution in [2.75, 3.05) is 12.4 Å². The van der Waals surface area contributed by atoms with E-state index in [1.165, 1.54) is 19.2 Å². The minimum atomic E-state index is -0.799. The Morgan fingerprint density at radius 2 is 1.73 bits per heavy atom. The lowest BCUT2D eigenvalue weighted by atomic mass is 10.2. The first-order valence-electron chi connectivity index (χ1n) is 10.1. The van der Waals surface area contributed by atoms with Crippen LogP contribution in [0.3, 0.4) is 0 Å². The van der Waals surface area contributed by atoms with Crippen LogP contribution in [-0.2, 0) is 27.4 Å². The van der Waals surface area contributed by atoms with Crippen LogP contribution in [0.15, 0.2) is 52.1 Å². The summed E-state index contributed by atoms with van der Waals surface area (Å²) in [7, 11) is 1.48. The Kier molecular flexibility index (Phi) is 6.92. The van der Waals surface area contributed by atoms with Gasteiger partial charge in [-0.1, -0.05) is 23.7 Å². The Labute approximate surface area is 194 Å². The molecule has 1 N–H and O–H groups in total. The van der Waals surface area contributed by atoms with Gasteiger partial charge in [0.15, 0.2) is 0 Å². The molecular weight excluding hydrogens is 450 g/mol. The van der Waals surface area contributed by atoms with Crippen molar-refractivity contribution in [1.82, 2.24) is 9.13 Å². The molecule has 174 valence electrons. The van der Waals surface area contributed by atoms with Gasteiger partial charge in [-0.2, -0.15) is 0 Å². The number of nitrogens with zero attached hydrogens (tertiary/aromatic N) is 2. The molecule has 1 amide bonds. The third kappa shape index (κ3) is 5.61. The van der Waals surface area contributed by atoms with Crippen LogP contribution in [0.4, 0.5) is 5.69 Å². The molecule has 9 nitrogen and oxygen atoms in total. The summed E-state index contributed by atoms with van der Waals surface area (Å²) in [5.74, 6) is -0.807.